The topological polar surface area (TPSA) is 24.1 Å². The van der Waals surface area contributed by atoms with Gasteiger partial charge in [-0.15, -0.1) is 11.8 Å². The van der Waals surface area contributed by atoms with Crippen molar-refractivity contribution in [2.24, 2.45) is 0 Å². The fraction of sp³-hybridized carbons (Fsp3) is 0.538. The third kappa shape index (κ3) is 3.00. The maximum Gasteiger partial charge on any atom is 0.106 e. The third-order valence-electron chi connectivity index (χ3n) is 3.03. The molecule has 0 aromatic heterocycles. The zero-order valence-corrected chi connectivity index (χ0v) is 11.0. The van der Waals surface area contributed by atoms with Gasteiger partial charge in [0.1, 0.15) is 5.50 Å². The molecule has 0 aliphatic carbocycles. The summed E-state index contributed by atoms with van der Waals surface area (Å²) in [7, 11) is 0. The van der Waals surface area contributed by atoms with E-state index in [0.717, 1.165) is 12.3 Å². The van der Waals surface area contributed by atoms with Crippen molar-refractivity contribution in [1.29, 1.82) is 0 Å². The Hall–Kier alpha value is -0.510. The minimum absolute atomic E-state index is 0.414. The Kier molecular flexibility index (Phi) is 3.90. The molecule has 16 heavy (non-hydrogen) atoms. The predicted molar refractivity (Wildman–Crippen MR) is 71.6 cm³/mol. The second kappa shape index (κ2) is 5.21. The van der Waals surface area contributed by atoms with Crippen molar-refractivity contribution < 1.29 is 0 Å². The lowest BCUT2D eigenvalue weighted by atomic mass is 10.1. The molecule has 3 heteroatoms. The Morgan fingerprint density at radius 3 is 2.75 bits per heavy atom. The van der Waals surface area contributed by atoms with Crippen LogP contribution in [0.5, 0.6) is 0 Å². The van der Waals surface area contributed by atoms with Gasteiger partial charge in [-0.2, -0.15) is 0 Å². The Labute approximate surface area is 102 Å². The molecule has 0 unspecified atom stereocenters. The second-order valence-electron chi connectivity index (χ2n) is 4.59. The fourth-order valence-corrected chi connectivity index (χ4v) is 2.92. The van der Waals surface area contributed by atoms with E-state index in [1.165, 1.54) is 16.7 Å². The summed E-state index contributed by atoms with van der Waals surface area (Å²) >= 11 is 1.93. The van der Waals surface area contributed by atoms with Crippen molar-refractivity contribution in [2.75, 3.05) is 6.54 Å². The van der Waals surface area contributed by atoms with Crippen LogP contribution in [0.15, 0.2) is 18.2 Å². The summed E-state index contributed by atoms with van der Waals surface area (Å²) < 4.78 is 0. The molecule has 1 heterocycles. The van der Waals surface area contributed by atoms with Crippen molar-refractivity contribution in [3.05, 3.63) is 34.9 Å². The average Bonchev–Trinajstić information content (AvgIpc) is 2.66. The van der Waals surface area contributed by atoms with Crippen molar-refractivity contribution in [3.63, 3.8) is 0 Å². The third-order valence-corrected chi connectivity index (χ3v) is 4.17. The molecule has 2 N–H and O–H groups in total. The quantitative estimate of drug-likeness (QED) is 0.843. The van der Waals surface area contributed by atoms with Crippen molar-refractivity contribution in [2.45, 2.75) is 38.1 Å². The van der Waals surface area contributed by atoms with Crippen molar-refractivity contribution in [3.8, 4) is 0 Å². The van der Waals surface area contributed by atoms with E-state index in [1.807, 2.05) is 11.8 Å². The lowest BCUT2D eigenvalue weighted by molar-refractivity contribution is 0.670. The molecule has 2 atom stereocenters. The van der Waals surface area contributed by atoms with E-state index >= 15 is 0 Å². The normalized spacial score (nSPS) is 24.9. The van der Waals surface area contributed by atoms with Gasteiger partial charge in [0, 0.05) is 18.3 Å². The van der Waals surface area contributed by atoms with Gasteiger partial charge >= 0.3 is 0 Å². The van der Waals surface area contributed by atoms with E-state index in [9.17, 15) is 0 Å². The highest BCUT2D eigenvalue weighted by atomic mass is 32.2. The van der Waals surface area contributed by atoms with Crippen LogP contribution in [0.4, 0.5) is 0 Å². The van der Waals surface area contributed by atoms with Gasteiger partial charge in [-0.25, -0.2) is 0 Å². The molecule has 0 bridgehead atoms. The molecule has 2 rings (SSSR count). The Bertz CT molecular complexity index is 365. The Morgan fingerprint density at radius 2 is 2.12 bits per heavy atom. The van der Waals surface area contributed by atoms with Gasteiger partial charge < -0.3 is 0 Å². The largest absolute Gasteiger partial charge is 0.292 e. The maximum absolute atomic E-state index is 3.50. The average molecular weight is 236 g/mol. The first kappa shape index (κ1) is 12.0. The van der Waals surface area contributed by atoms with Crippen molar-refractivity contribution >= 4 is 11.8 Å². The summed E-state index contributed by atoms with van der Waals surface area (Å²) in [5.41, 5.74) is 4.59. The first-order valence-corrected chi connectivity index (χ1v) is 6.87. The minimum Gasteiger partial charge on any atom is -0.292 e. The van der Waals surface area contributed by atoms with E-state index in [4.69, 9.17) is 0 Å². The maximum atomic E-state index is 3.50. The van der Waals surface area contributed by atoms with E-state index in [2.05, 4.69) is 49.6 Å². The summed E-state index contributed by atoms with van der Waals surface area (Å²) in [6.45, 7) is 7.62. The molecule has 88 valence electrons. The second-order valence-corrected chi connectivity index (χ2v) is 5.68. The SMILES string of the molecule is Cc1ccc(CS[C@@H]2NC[C@@H](C)N2)cc1C. The zero-order chi connectivity index (χ0) is 11.5. The van der Waals surface area contributed by atoms with Crippen LogP contribution in [0.25, 0.3) is 0 Å². The number of aryl methyl sites for hydroxylation is 2. The Balaban J connectivity index is 1.87. The van der Waals surface area contributed by atoms with Gasteiger partial charge in [-0.1, -0.05) is 18.2 Å². The number of rotatable bonds is 3. The van der Waals surface area contributed by atoms with Crippen LogP contribution in [0.3, 0.4) is 0 Å². The minimum atomic E-state index is 0.414. The van der Waals surface area contributed by atoms with Crippen molar-refractivity contribution in [1.82, 2.24) is 10.6 Å². The lowest BCUT2D eigenvalue weighted by Gasteiger charge is -2.11. The number of nitrogens with one attached hydrogen (secondary N) is 2. The molecule has 0 spiro atoms. The molecular formula is C13H20N2S. The van der Waals surface area contributed by atoms with Gasteiger partial charge in [0.15, 0.2) is 0 Å². The zero-order valence-electron chi connectivity index (χ0n) is 10.2. The molecule has 1 fully saturated rings. The number of hydrogen-bond acceptors (Lipinski definition) is 3. The van der Waals surface area contributed by atoms with E-state index in [1.54, 1.807) is 0 Å². The van der Waals surface area contributed by atoms with Crippen LogP contribution in [0, 0.1) is 13.8 Å². The van der Waals surface area contributed by atoms with Crippen LogP contribution < -0.4 is 10.6 Å². The van der Waals surface area contributed by atoms with Gasteiger partial charge in [0.05, 0.1) is 0 Å². The first-order valence-electron chi connectivity index (χ1n) is 5.82. The van der Waals surface area contributed by atoms with Gasteiger partial charge in [-0.3, -0.25) is 10.6 Å². The lowest BCUT2D eigenvalue weighted by Crippen LogP contribution is -2.29. The number of benzene rings is 1. The first-order chi connectivity index (χ1) is 7.65. The van der Waals surface area contributed by atoms with Crippen LogP contribution in [-0.4, -0.2) is 18.1 Å². The predicted octanol–water partition coefficient (Wildman–Crippen LogP) is 2.40. The van der Waals surface area contributed by atoms with Gasteiger partial charge in [-0.05, 0) is 37.5 Å². The fourth-order valence-electron chi connectivity index (χ4n) is 1.84. The molecule has 1 saturated heterocycles. The Morgan fingerprint density at radius 1 is 1.31 bits per heavy atom. The van der Waals surface area contributed by atoms with Crippen LogP contribution in [-0.2, 0) is 5.75 Å². The van der Waals surface area contributed by atoms with Gasteiger partial charge in [0.2, 0.25) is 0 Å². The molecule has 1 aromatic rings. The van der Waals surface area contributed by atoms with Crippen LogP contribution >= 0.6 is 11.8 Å². The summed E-state index contributed by atoms with van der Waals surface area (Å²) in [5, 5.41) is 6.96. The van der Waals surface area contributed by atoms with Crippen LogP contribution in [0.2, 0.25) is 0 Å². The van der Waals surface area contributed by atoms with Crippen LogP contribution in [0.1, 0.15) is 23.6 Å². The number of thioether (sulfide) groups is 1. The highest BCUT2D eigenvalue weighted by Gasteiger charge is 2.18. The molecule has 0 radical (unpaired) electrons. The highest BCUT2D eigenvalue weighted by Crippen LogP contribution is 2.19. The molecule has 1 aromatic carbocycles. The number of hydrogen-bond donors (Lipinski definition) is 2. The molecule has 2 nitrogen and oxygen atoms in total. The smallest absolute Gasteiger partial charge is 0.106 e. The summed E-state index contributed by atoms with van der Waals surface area (Å²) in [4.78, 5) is 0. The molecule has 1 aliphatic rings. The molecule has 1 aliphatic heterocycles. The summed E-state index contributed by atoms with van der Waals surface area (Å²) in [6, 6.07) is 7.33. The molecule has 0 saturated carbocycles. The van der Waals surface area contributed by atoms with Gasteiger partial charge in [0.25, 0.3) is 0 Å². The standard InChI is InChI=1S/C13H20N2S/c1-9-4-5-12(6-10(9)2)8-16-13-14-7-11(3)15-13/h4-6,11,13-15H,7-8H2,1-3H3/t11-,13-/m1/s1. The van der Waals surface area contributed by atoms with E-state index < -0.39 is 0 Å². The summed E-state index contributed by atoms with van der Waals surface area (Å²) in [5.74, 6) is 1.07. The van der Waals surface area contributed by atoms with E-state index in [0.29, 0.717) is 11.5 Å². The summed E-state index contributed by atoms with van der Waals surface area (Å²) in [6.07, 6.45) is 0. The monoisotopic (exact) mass is 236 g/mol. The van der Waals surface area contributed by atoms with E-state index in [-0.39, 0.29) is 0 Å². The highest BCUT2D eigenvalue weighted by molar-refractivity contribution is 7.99. The molecular weight excluding hydrogens is 216 g/mol. The molecule has 0 amide bonds.